The molecule has 9 heteroatoms. The maximum absolute atomic E-state index is 12.7. The van der Waals surface area contributed by atoms with Crippen molar-refractivity contribution in [3.63, 3.8) is 0 Å². The van der Waals surface area contributed by atoms with Crippen LogP contribution in [0.25, 0.3) is 6.08 Å². The first-order valence-electron chi connectivity index (χ1n) is 9.45. The van der Waals surface area contributed by atoms with Gasteiger partial charge in [0.25, 0.3) is 11.1 Å². The highest BCUT2D eigenvalue weighted by Crippen LogP contribution is 2.34. The van der Waals surface area contributed by atoms with Crippen molar-refractivity contribution >= 4 is 40.6 Å². The fourth-order valence-corrected chi connectivity index (χ4v) is 3.75. The Balaban J connectivity index is 1.63. The third-order valence-corrected chi connectivity index (χ3v) is 5.46. The van der Waals surface area contributed by atoms with Crippen molar-refractivity contribution in [1.82, 2.24) is 4.90 Å². The number of benzene rings is 2. The van der Waals surface area contributed by atoms with Gasteiger partial charge in [-0.05, 0) is 59.8 Å². The summed E-state index contributed by atoms with van der Waals surface area (Å²) in [6.07, 6.45) is 1.66. The number of thioether (sulfide) groups is 1. The predicted molar refractivity (Wildman–Crippen MR) is 120 cm³/mol. The number of carbonyl (C=O) groups excluding carboxylic acids is 2. The van der Waals surface area contributed by atoms with E-state index in [-0.39, 0.29) is 24.3 Å². The minimum absolute atomic E-state index is 0.153. The monoisotopic (exact) mass is 463 g/mol. The van der Waals surface area contributed by atoms with Gasteiger partial charge in [-0.3, -0.25) is 14.5 Å². The van der Waals surface area contributed by atoms with Crippen LogP contribution < -0.4 is 14.2 Å². The maximum atomic E-state index is 12.7. The fraction of sp³-hybridized carbons (Fsp3) is 0.273. The van der Waals surface area contributed by atoms with Gasteiger partial charge < -0.3 is 18.9 Å². The van der Waals surface area contributed by atoms with Crippen LogP contribution in [0.15, 0.2) is 47.4 Å². The van der Waals surface area contributed by atoms with Crippen molar-refractivity contribution in [3.05, 3.63) is 58.0 Å². The van der Waals surface area contributed by atoms with E-state index in [0.29, 0.717) is 40.4 Å². The molecule has 164 valence electrons. The van der Waals surface area contributed by atoms with E-state index >= 15 is 0 Å². The number of halogens is 1. The molecule has 0 aromatic heterocycles. The first-order valence-corrected chi connectivity index (χ1v) is 10.6. The van der Waals surface area contributed by atoms with E-state index < -0.39 is 0 Å². The van der Waals surface area contributed by atoms with Crippen molar-refractivity contribution in [2.24, 2.45) is 0 Å². The Labute approximate surface area is 189 Å². The smallest absolute Gasteiger partial charge is 0.293 e. The summed E-state index contributed by atoms with van der Waals surface area (Å²) in [6, 6.07) is 12.2. The number of nitrogens with zero attached hydrogens (tertiary/aromatic N) is 1. The molecule has 3 rings (SSSR count). The zero-order chi connectivity index (χ0) is 22.2. The quantitative estimate of drug-likeness (QED) is 0.379. The molecule has 1 aliphatic rings. The highest BCUT2D eigenvalue weighted by atomic mass is 35.5. The summed E-state index contributed by atoms with van der Waals surface area (Å²) in [5.41, 5.74) is 0.721. The SMILES string of the molecule is COCCOc1ccc(/C=C2\SC(=O)N(CCOc3ccc(Cl)cc3)C2=O)cc1OC. The lowest BCUT2D eigenvalue weighted by Gasteiger charge is -2.13. The molecule has 2 aromatic carbocycles. The van der Waals surface area contributed by atoms with Crippen LogP contribution in [0.5, 0.6) is 17.2 Å². The Morgan fingerprint density at radius 3 is 2.45 bits per heavy atom. The van der Waals surface area contributed by atoms with Crippen LogP contribution in [-0.4, -0.2) is 56.6 Å². The summed E-state index contributed by atoms with van der Waals surface area (Å²) in [6.45, 7) is 1.19. The molecule has 0 radical (unpaired) electrons. The number of methoxy groups -OCH3 is 2. The highest BCUT2D eigenvalue weighted by molar-refractivity contribution is 8.18. The van der Waals surface area contributed by atoms with Crippen LogP contribution in [0.2, 0.25) is 5.02 Å². The van der Waals surface area contributed by atoms with Crippen molar-refractivity contribution < 1.29 is 28.5 Å². The molecule has 1 saturated heterocycles. The van der Waals surface area contributed by atoms with Crippen LogP contribution in [0, 0.1) is 0 Å². The molecule has 0 unspecified atom stereocenters. The van der Waals surface area contributed by atoms with Crippen molar-refractivity contribution in [2.75, 3.05) is 40.6 Å². The molecule has 1 heterocycles. The fourth-order valence-electron chi connectivity index (χ4n) is 2.76. The molecular weight excluding hydrogens is 442 g/mol. The average Bonchev–Trinajstić information content (AvgIpc) is 3.03. The molecule has 0 atom stereocenters. The van der Waals surface area contributed by atoms with Gasteiger partial charge in [0.05, 0.1) is 25.2 Å². The Morgan fingerprint density at radius 1 is 0.968 bits per heavy atom. The second kappa shape index (κ2) is 11.1. The average molecular weight is 464 g/mol. The second-order valence-corrected chi connectivity index (χ2v) is 7.82. The lowest BCUT2D eigenvalue weighted by atomic mass is 10.2. The first-order chi connectivity index (χ1) is 15.0. The van der Waals surface area contributed by atoms with Crippen LogP contribution in [0.4, 0.5) is 4.79 Å². The third kappa shape index (κ3) is 6.16. The number of hydrogen-bond donors (Lipinski definition) is 0. The van der Waals surface area contributed by atoms with E-state index in [1.807, 2.05) is 0 Å². The number of hydrogen-bond acceptors (Lipinski definition) is 7. The Kier molecular flexibility index (Phi) is 8.22. The zero-order valence-corrected chi connectivity index (χ0v) is 18.7. The minimum Gasteiger partial charge on any atom is -0.493 e. The Bertz CT molecular complexity index is 963. The largest absolute Gasteiger partial charge is 0.493 e. The molecule has 0 bridgehead atoms. The molecule has 0 aliphatic carbocycles. The van der Waals surface area contributed by atoms with Gasteiger partial charge in [-0.25, -0.2) is 0 Å². The van der Waals surface area contributed by atoms with Gasteiger partial charge in [0.15, 0.2) is 11.5 Å². The van der Waals surface area contributed by atoms with Gasteiger partial charge in [-0.1, -0.05) is 17.7 Å². The number of rotatable bonds is 10. The molecule has 7 nitrogen and oxygen atoms in total. The lowest BCUT2D eigenvalue weighted by Crippen LogP contribution is -2.32. The molecule has 1 fully saturated rings. The molecule has 0 saturated carbocycles. The van der Waals surface area contributed by atoms with E-state index in [0.717, 1.165) is 17.3 Å². The molecule has 0 N–H and O–H groups in total. The van der Waals surface area contributed by atoms with Gasteiger partial charge in [-0.15, -0.1) is 0 Å². The van der Waals surface area contributed by atoms with Crippen molar-refractivity contribution in [3.8, 4) is 17.2 Å². The highest BCUT2D eigenvalue weighted by Gasteiger charge is 2.34. The lowest BCUT2D eigenvalue weighted by molar-refractivity contribution is -0.123. The minimum atomic E-state index is -0.353. The van der Waals surface area contributed by atoms with Gasteiger partial charge >= 0.3 is 0 Å². The first kappa shape index (κ1) is 23.0. The van der Waals surface area contributed by atoms with Crippen LogP contribution in [-0.2, 0) is 9.53 Å². The van der Waals surface area contributed by atoms with E-state index in [1.165, 1.54) is 12.0 Å². The van der Waals surface area contributed by atoms with E-state index in [4.69, 9.17) is 30.5 Å². The molecule has 31 heavy (non-hydrogen) atoms. The number of carbonyl (C=O) groups is 2. The van der Waals surface area contributed by atoms with Crippen molar-refractivity contribution in [2.45, 2.75) is 0 Å². The summed E-state index contributed by atoms with van der Waals surface area (Å²) < 4.78 is 21.5. The van der Waals surface area contributed by atoms with Crippen molar-refractivity contribution in [1.29, 1.82) is 0 Å². The summed E-state index contributed by atoms with van der Waals surface area (Å²) >= 11 is 6.74. The van der Waals surface area contributed by atoms with Crippen LogP contribution in [0.1, 0.15) is 5.56 Å². The number of imide groups is 1. The maximum Gasteiger partial charge on any atom is 0.293 e. The standard InChI is InChI=1S/C22H22ClNO6S/c1-27-11-12-30-18-8-3-15(13-19(18)28-2)14-20-21(25)24(22(26)31-20)9-10-29-17-6-4-16(23)5-7-17/h3-8,13-14H,9-12H2,1-2H3/b20-14-. The van der Waals surface area contributed by atoms with E-state index in [9.17, 15) is 9.59 Å². The third-order valence-electron chi connectivity index (χ3n) is 4.30. The molecule has 2 amide bonds. The number of ether oxygens (including phenoxy) is 4. The summed E-state index contributed by atoms with van der Waals surface area (Å²) in [5, 5.41) is 0.275. The predicted octanol–water partition coefficient (Wildman–Crippen LogP) is 4.49. The normalized spacial score (nSPS) is 14.9. The molecule has 0 spiro atoms. The topological polar surface area (TPSA) is 74.3 Å². The summed E-state index contributed by atoms with van der Waals surface area (Å²) in [4.78, 5) is 26.5. The summed E-state index contributed by atoms with van der Waals surface area (Å²) in [7, 11) is 3.14. The Hall–Kier alpha value is -2.68. The van der Waals surface area contributed by atoms with Gasteiger partial charge in [-0.2, -0.15) is 0 Å². The van der Waals surface area contributed by atoms with Gasteiger partial charge in [0.2, 0.25) is 0 Å². The number of amides is 2. The zero-order valence-electron chi connectivity index (χ0n) is 17.1. The van der Waals surface area contributed by atoms with E-state index in [2.05, 4.69) is 0 Å². The second-order valence-electron chi connectivity index (χ2n) is 6.39. The molecular formula is C22H22ClNO6S. The Morgan fingerprint density at radius 2 is 1.74 bits per heavy atom. The van der Waals surface area contributed by atoms with Gasteiger partial charge in [0.1, 0.15) is 19.0 Å². The molecule has 1 aliphatic heterocycles. The van der Waals surface area contributed by atoms with Gasteiger partial charge in [0, 0.05) is 12.1 Å². The van der Waals surface area contributed by atoms with Crippen LogP contribution in [0.3, 0.4) is 0 Å². The summed E-state index contributed by atoms with van der Waals surface area (Å²) in [5.74, 6) is 1.37. The van der Waals surface area contributed by atoms with E-state index in [1.54, 1.807) is 55.7 Å². The molecule has 2 aromatic rings. The van der Waals surface area contributed by atoms with Crippen LogP contribution >= 0.6 is 23.4 Å².